The van der Waals surface area contributed by atoms with E-state index in [1.54, 1.807) is 0 Å². The Kier molecular flexibility index (Phi) is 6.50. The van der Waals surface area contributed by atoms with Crippen LogP contribution in [-0.4, -0.2) is 30.6 Å². The van der Waals surface area contributed by atoms with Crippen LogP contribution in [0, 0.1) is 11.8 Å². The smallest absolute Gasteiger partial charge is 0.0246 e. The zero-order valence-electron chi connectivity index (χ0n) is 12.3. The largest absolute Gasteiger partial charge is 0.329 e. The van der Waals surface area contributed by atoms with Crippen LogP contribution in [0.3, 0.4) is 0 Å². The third-order valence-corrected chi connectivity index (χ3v) is 4.80. The molecule has 3 unspecified atom stereocenters. The van der Waals surface area contributed by atoms with Gasteiger partial charge in [-0.15, -0.1) is 0 Å². The van der Waals surface area contributed by atoms with Crippen LogP contribution in [0.4, 0.5) is 0 Å². The predicted octanol–water partition coefficient (Wildman–Crippen LogP) is 3.26. The fourth-order valence-electron chi connectivity index (χ4n) is 3.66. The second-order valence-electron chi connectivity index (χ2n) is 5.97. The fourth-order valence-corrected chi connectivity index (χ4v) is 3.66. The number of rotatable bonds is 6. The van der Waals surface area contributed by atoms with Crippen molar-refractivity contribution in [1.29, 1.82) is 0 Å². The summed E-state index contributed by atoms with van der Waals surface area (Å²) in [5.41, 5.74) is 6.06. The average molecular weight is 240 g/mol. The standard InChI is InChI=1S/C15H32N2/c1-5-14(6-2)17(4)15(11-16)13-9-7-8-12(3)10-13/h12-15H,5-11,16H2,1-4H3. The van der Waals surface area contributed by atoms with E-state index in [9.17, 15) is 0 Å². The van der Waals surface area contributed by atoms with Crippen molar-refractivity contribution < 1.29 is 0 Å². The Morgan fingerprint density at radius 2 is 1.88 bits per heavy atom. The van der Waals surface area contributed by atoms with Gasteiger partial charge in [0, 0.05) is 18.6 Å². The summed E-state index contributed by atoms with van der Waals surface area (Å²) in [5, 5.41) is 0. The van der Waals surface area contributed by atoms with Crippen LogP contribution in [0.2, 0.25) is 0 Å². The lowest BCUT2D eigenvalue weighted by molar-refractivity contribution is 0.0901. The molecular formula is C15H32N2. The number of hydrogen-bond donors (Lipinski definition) is 1. The Morgan fingerprint density at radius 3 is 2.35 bits per heavy atom. The lowest BCUT2D eigenvalue weighted by Crippen LogP contribution is -2.49. The summed E-state index contributed by atoms with van der Waals surface area (Å²) in [4.78, 5) is 2.57. The molecule has 2 N–H and O–H groups in total. The molecular weight excluding hydrogens is 208 g/mol. The summed E-state index contributed by atoms with van der Waals surface area (Å²) in [6, 6.07) is 1.31. The Balaban J connectivity index is 2.62. The van der Waals surface area contributed by atoms with Crippen molar-refractivity contribution >= 4 is 0 Å². The van der Waals surface area contributed by atoms with Gasteiger partial charge in [-0.25, -0.2) is 0 Å². The Morgan fingerprint density at radius 1 is 1.24 bits per heavy atom. The van der Waals surface area contributed by atoms with E-state index in [0.29, 0.717) is 12.1 Å². The molecule has 17 heavy (non-hydrogen) atoms. The molecule has 0 bridgehead atoms. The van der Waals surface area contributed by atoms with E-state index in [2.05, 4.69) is 32.7 Å². The molecule has 102 valence electrons. The van der Waals surface area contributed by atoms with E-state index in [4.69, 9.17) is 5.73 Å². The second-order valence-corrected chi connectivity index (χ2v) is 5.97. The van der Waals surface area contributed by atoms with E-state index in [1.165, 1.54) is 38.5 Å². The molecule has 0 aromatic heterocycles. The van der Waals surface area contributed by atoms with Crippen molar-refractivity contribution in [1.82, 2.24) is 4.90 Å². The minimum absolute atomic E-state index is 0.600. The molecule has 0 aromatic carbocycles. The van der Waals surface area contributed by atoms with E-state index in [1.807, 2.05) is 0 Å². The molecule has 0 aromatic rings. The van der Waals surface area contributed by atoms with Gasteiger partial charge in [-0.05, 0) is 44.6 Å². The Hall–Kier alpha value is -0.0800. The summed E-state index contributed by atoms with van der Waals surface area (Å²) in [6.07, 6.45) is 8.07. The summed E-state index contributed by atoms with van der Waals surface area (Å²) in [7, 11) is 2.29. The average Bonchev–Trinajstić information content (AvgIpc) is 2.31. The highest BCUT2D eigenvalue weighted by Crippen LogP contribution is 2.33. The number of nitrogens with zero attached hydrogens (tertiary/aromatic N) is 1. The highest BCUT2D eigenvalue weighted by Gasteiger charge is 2.30. The molecule has 1 fully saturated rings. The lowest BCUT2D eigenvalue weighted by atomic mass is 9.78. The third kappa shape index (κ3) is 3.96. The maximum atomic E-state index is 6.06. The van der Waals surface area contributed by atoms with Gasteiger partial charge in [0.15, 0.2) is 0 Å². The van der Waals surface area contributed by atoms with Crippen molar-refractivity contribution in [2.45, 2.75) is 71.4 Å². The van der Waals surface area contributed by atoms with Gasteiger partial charge in [0.1, 0.15) is 0 Å². The van der Waals surface area contributed by atoms with E-state index in [0.717, 1.165) is 18.4 Å². The van der Waals surface area contributed by atoms with Crippen molar-refractivity contribution in [3.05, 3.63) is 0 Å². The van der Waals surface area contributed by atoms with Crippen LogP contribution in [0.5, 0.6) is 0 Å². The van der Waals surface area contributed by atoms with Crippen LogP contribution in [0.15, 0.2) is 0 Å². The zero-order chi connectivity index (χ0) is 12.8. The lowest BCUT2D eigenvalue weighted by Gasteiger charge is -2.41. The highest BCUT2D eigenvalue weighted by molar-refractivity contribution is 4.85. The monoisotopic (exact) mass is 240 g/mol. The molecule has 1 aliphatic rings. The fraction of sp³-hybridized carbons (Fsp3) is 1.00. The molecule has 2 nitrogen and oxygen atoms in total. The molecule has 0 amide bonds. The van der Waals surface area contributed by atoms with Crippen LogP contribution in [0.25, 0.3) is 0 Å². The van der Waals surface area contributed by atoms with Crippen molar-refractivity contribution in [3.8, 4) is 0 Å². The van der Waals surface area contributed by atoms with Crippen LogP contribution in [-0.2, 0) is 0 Å². The van der Waals surface area contributed by atoms with Gasteiger partial charge in [0.25, 0.3) is 0 Å². The molecule has 0 heterocycles. The Bertz CT molecular complexity index is 199. The van der Waals surface area contributed by atoms with E-state index >= 15 is 0 Å². The quantitative estimate of drug-likeness (QED) is 0.772. The maximum Gasteiger partial charge on any atom is 0.0246 e. The van der Waals surface area contributed by atoms with Crippen LogP contribution >= 0.6 is 0 Å². The SMILES string of the molecule is CCC(CC)N(C)C(CN)C1CCCC(C)C1. The summed E-state index contributed by atoms with van der Waals surface area (Å²) >= 11 is 0. The summed E-state index contributed by atoms with van der Waals surface area (Å²) in [6.45, 7) is 7.81. The van der Waals surface area contributed by atoms with Crippen molar-refractivity contribution in [3.63, 3.8) is 0 Å². The first-order chi connectivity index (χ1) is 8.13. The number of hydrogen-bond acceptors (Lipinski definition) is 2. The van der Waals surface area contributed by atoms with Gasteiger partial charge in [-0.2, -0.15) is 0 Å². The minimum Gasteiger partial charge on any atom is -0.329 e. The molecule has 2 heteroatoms. The van der Waals surface area contributed by atoms with Crippen molar-refractivity contribution in [2.24, 2.45) is 17.6 Å². The first-order valence-corrected chi connectivity index (χ1v) is 7.55. The molecule has 0 saturated heterocycles. The predicted molar refractivity (Wildman–Crippen MR) is 76.1 cm³/mol. The minimum atomic E-state index is 0.600. The topological polar surface area (TPSA) is 29.3 Å². The summed E-state index contributed by atoms with van der Waals surface area (Å²) in [5.74, 6) is 1.73. The van der Waals surface area contributed by atoms with Gasteiger partial charge in [-0.1, -0.05) is 33.6 Å². The van der Waals surface area contributed by atoms with E-state index < -0.39 is 0 Å². The normalized spacial score (nSPS) is 27.7. The Labute approximate surface area is 108 Å². The second kappa shape index (κ2) is 7.38. The molecule has 0 radical (unpaired) electrons. The van der Waals surface area contributed by atoms with Gasteiger partial charge < -0.3 is 5.73 Å². The molecule has 1 rings (SSSR count). The molecule has 0 spiro atoms. The van der Waals surface area contributed by atoms with Gasteiger partial charge in [0.2, 0.25) is 0 Å². The third-order valence-electron chi connectivity index (χ3n) is 4.80. The molecule has 3 atom stereocenters. The highest BCUT2D eigenvalue weighted by atomic mass is 15.2. The maximum absolute atomic E-state index is 6.06. The first kappa shape index (κ1) is 15.0. The number of likely N-dealkylation sites (N-methyl/N-ethyl adjacent to an activating group) is 1. The summed E-state index contributed by atoms with van der Waals surface area (Å²) < 4.78 is 0. The van der Waals surface area contributed by atoms with Gasteiger partial charge in [0.05, 0.1) is 0 Å². The van der Waals surface area contributed by atoms with Crippen molar-refractivity contribution in [2.75, 3.05) is 13.6 Å². The molecule has 1 aliphatic carbocycles. The first-order valence-electron chi connectivity index (χ1n) is 7.55. The zero-order valence-corrected chi connectivity index (χ0v) is 12.3. The van der Waals surface area contributed by atoms with Crippen LogP contribution in [0.1, 0.15) is 59.3 Å². The molecule has 1 saturated carbocycles. The van der Waals surface area contributed by atoms with Crippen LogP contribution < -0.4 is 5.73 Å². The van der Waals surface area contributed by atoms with Gasteiger partial charge >= 0.3 is 0 Å². The van der Waals surface area contributed by atoms with Gasteiger partial charge in [-0.3, -0.25) is 4.90 Å². The van der Waals surface area contributed by atoms with E-state index in [-0.39, 0.29) is 0 Å². The number of nitrogens with two attached hydrogens (primary N) is 1. The molecule has 0 aliphatic heterocycles.